The van der Waals surface area contributed by atoms with Crippen molar-refractivity contribution in [1.82, 2.24) is 9.21 Å². The molecule has 0 aliphatic carbocycles. The molecular formula is C21H20N2O6S. The highest BCUT2D eigenvalue weighted by Crippen LogP contribution is 2.27. The van der Waals surface area contributed by atoms with Crippen LogP contribution in [0.25, 0.3) is 0 Å². The van der Waals surface area contributed by atoms with Gasteiger partial charge in [-0.3, -0.25) is 14.4 Å². The number of benzene rings is 2. The van der Waals surface area contributed by atoms with E-state index in [0.717, 1.165) is 9.21 Å². The fraction of sp³-hybridized carbons (Fsp3) is 0.286. The zero-order valence-electron chi connectivity index (χ0n) is 16.1. The molecule has 0 radical (unpaired) electrons. The molecular weight excluding hydrogens is 408 g/mol. The van der Waals surface area contributed by atoms with E-state index in [1.165, 1.54) is 24.3 Å². The average Bonchev–Trinajstić information content (AvgIpc) is 3.02. The Kier molecular flexibility index (Phi) is 5.40. The van der Waals surface area contributed by atoms with Crippen LogP contribution in [0.1, 0.15) is 40.0 Å². The Morgan fingerprint density at radius 2 is 1.53 bits per heavy atom. The van der Waals surface area contributed by atoms with Gasteiger partial charge >= 0.3 is 5.97 Å². The number of ether oxygens (including phenoxy) is 1. The summed E-state index contributed by atoms with van der Waals surface area (Å²) >= 11 is 0. The Morgan fingerprint density at radius 3 is 2.17 bits per heavy atom. The standard InChI is InChI=1S/C21H20N2O6S/c24-19-16-10-4-5-11-17(16)20(25)22(19)14-29-21(26)18-12-6-7-13-23(18)30(27,28)15-8-2-1-3-9-15/h1-5,8-11,18H,6-7,12-14H2. The first-order valence-electron chi connectivity index (χ1n) is 9.60. The van der Waals surface area contributed by atoms with Crippen LogP contribution in [0.5, 0.6) is 0 Å². The third-order valence-corrected chi connectivity index (χ3v) is 7.21. The van der Waals surface area contributed by atoms with Gasteiger partial charge in [-0.15, -0.1) is 0 Å². The number of imide groups is 1. The fourth-order valence-corrected chi connectivity index (χ4v) is 5.40. The molecule has 0 saturated carbocycles. The molecule has 9 heteroatoms. The maximum Gasteiger partial charge on any atom is 0.326 e. The quantitative estimate of drug-likeness (QED) is 0.534. The summed E-state index contributed by atoms with van der Waals surface area (Å²) in [5, 5.41) is 0. The summed E-state index contributed by atoms with van der Waals surface area (Å²) < 4.78 is 32.4. The van der Waals surface area contributed by atoms with E-state index in [1.54, 1.807) is 30.3 Å². The fourth-order valence-electron chi connectivity index (χ4n) is 3.74. The van der Waals surface area contributed by atoms with Crippen LogP contribution in [0.15, 0.2) is 59.5 Å². The van der Waals surface area contributed by atoms with Gasteiger partial charge in [0, 0.05) is 6.54 Å². The number of hydrogen-bond acceptors (Lipinski definition) is 6. The Bertz CT molecular complexity index is 1060. The number of nitrogens with zero attached hydrogens (tertiary/aromatic N) is 2. The van der Waals surface area contributed by atoms with Crippen LogP contribution in [0.3, 0.4) is 0 Å². The Labute approximate surface area is 174 Å². The van der Waals surface area contributed by atoms with Crippen molar-refractivity contribution in [1.29, 1.82) is 0 Å². The zero-order chi connectivity index (χ0) is 21.3. The molecule has 1 fully saturated rings. The molecule has 30 heavy (non-hydrogen) atoms. The smallest absolute Gasteiger partial charge is 0.326 e. The summed E-state index contributed by atoms with van der Waals surface area (Å²) in [5.74, 6) is -1.85. The molecule has 0 aromatic heterocycles. The van der Waals surface area contributed by atoms with E-state index in [2.05, 4.69) is 0 Å². The SMILES string of the molecule is O=C(OCN1C(=O)c2ccccc2C1=O)C1CCCCN1S(=O)(=O)c1ccccc1. The largest absolute Gasteiger partial charge is 0.442 e. The van der Waals surface area contributed by atoms with E-state index in [4.69, 9.17) is 4.74 Å². The maximum absolute atomic E-state index is 13.0. The minimum Gasteiger partial charge on any atom is -0.442 e. The van der Waals surface area contributed by atoms with Gasteiger partial charge in [-0.2, -0.15) is 4.31 Å². The number of esters is 1. The summed E-state index contributed by atoms with van der Waals surface area (Å²) in [7, 11) is -3.87. The van der Waals surface area contributed by atoms with Crippen LogP contribution < -0.4 is 0 Å². The van der Waals surface area contributed by atoms with E-state index in [-0.39, 0.29) is 22.6 Å². The number of carbonyl (C=O) groups is 3. The highest BCUT2D eigenvalue weighted by Gasteiger charge is 2.40. The zero-order valence-corrected chi connectivity index (χ0v) is 16.9. The topological polar surface area (TPSA) is 101 Å². The summed E-state index contributed by atoms with van der Waals surface area (Å²) in [4.78, 5) is 38.5. The van der Waals surface area contributed by atoms with E-state index < -0.39 is 40.6 Å². The molecule has 4 rings (SSSR count). The number of carbonyl (C=O) groups excluding carboxylic acids is 3. The van der Waals surface area contributed by atoms with Gasteiger partial charge in [-0.05, 0) is 43.5 Å². The Balaban J connectivity index is 1.49. The molecule has 8 nitrogen and oxygen atoms in total. The summed E-state index contributed by atoms with van der Waals surface area (Å²) in [6, 6.07) is 13.3. The average molecular weight is 428 g/mol. The predicted octanol–water partition coefficient (Wildman–Crippen LogP) is 2.03. The molecule has 0 N–H and O–H groups in total. The Morgan fingerprint density at radius 1 is 0.933 bits per heavy atom. The molecule has 156 valence electrons. The summed E-state index contributed by atoms with van der Waals surface area (Å²) in [6.45, 7) is -0.356. The van der Waals surface area contributed by atoms with Gasteiger partial charge < -0.3 is 4.74 Å². The first-order valence-corrected chi connectivity index (χ1v) is 11.0. The molecule has 2 aliphatic rings. The van der Waals surface area contributed by atoms with Crippen LogP contribution in [-0.2, 0) is 19.6 Å². The molecule has 1 atom stereocenters. The minimum absolute atomic E-state index is 0.102. The normalized spacial score (nSPS) is 19.6. The lowest BCUT2D eigenvalue weighted by Gasteiger charge is -2.33. The van der Waals surface area contributed by atoms with E-state index in [0.29, 0.717) is 19.3 Å². The monoisotopic (exact) mass is 428 g/mol. The van der Waals surface area contributed by atoms with Gasteiger partial charge in [0.2, 0.25) is 10.0 Å². The maximum atomic E-state index is 13.0. The first kappa shape index (κ1) is 20.2. The number of amides is 2. The number of sulfonamides is 1. The molecule has 1 unspecified atom stereocenters. The second-order valence-electron chi connectivity index (χ2n) is 7.12. The summed E-state index contributed by atoms with van der Waals surface area (Å²) in [6.07, 6.45) is 1.62. The van der Waals surface area contributed by atoms with Crippen molar-refractivity contribution in [2.75, 3.05) is 13.3 Å². The lowest BCUT2D eigenvalue weighted by molar-refractivity contribution is -0.151. The molecule has 0 bridgehead atoms. The van der Waals surface area contributed by atoms with Crippen LogP contribution in [0.2, 0.25) is 0 Å². The Hall–Kier alpha value is -3.04. The van der Waals surface area contributed by atoms with Crippen LogP contribution >= 0.6 is 0 Å². The van der Waals surface area contributed by atoms with Crippen LogP contribution in [0.4, 0.5) is 0 Å². The first-order chi connectivity index (χ1) is 14.4. The highest BCUT2D eigenvalue weighted by molar-refractivity contribution is 7.89. The van der Waals surface area contributed by atoms with E-state index in [9.17, 15) is 22.8 Å². The van der Waals surface area contributed by atoms with Crippen molar-refractivity contribution in [2.45, 2.75) is 30.2 Å². The third kappa shape index (κ3) is 3.50. The number of fused-ring (bicyclic) bond motifs is 1. The minimum atomic E-state index is -3.87. The second kappa shape index (κ2) is 8.00. The summed E-state index contributed by atoms with van der Waals surface area (Å²) in [5.41, 5.74) is 0.508. The molecule has 1 saturated heterocycles. The van der Waals surface area contributed by atoms with E-state index >= 15 is 0 Å². The molecule has 2 heterocycles. The molecule has 2 aromatic carbocycles. The van der Waals surface area contributed by atoms with Crippen molar-refractivity contribution in [3.05, 3.63) is 65.7 Å². The van der Waals surface area contributed by atoms with E-state index in [1.807, 2.05) is 0 Å². The van der Waals surface area contributed by atoms with Crippen molar-refractivity contribution in [3.63, 3.8) is 0 Å². The van der Waals surface area contributed by atoms with Gasteiger partial charge in [0.15, 0.2) is 6.73 Å². The number of piperidine rings is 1. The van der Waals surface area contributed by atoms with Crippen molar-refractivity contribution in [3.8, 4) is 0 Å². The molecule has 2 aliphatic heterocycles. The van der Waals surface area contributed by atoms with Gasteiger partial charge in [-0.1, -0.05) is 30.3 Å². The van der Waals surface area contributed by atoms with Gasteiger partial charge in [0.25, 0.3) is 11.8 Å². The molecule has 2 aromatic rings. The van der Waals surface area contributed by atoms with Gasteiger partial charge in [0.05, 0.1) is 16.0 Å². The van der Waals surface area contributed by atoms with Gasteiger partial charge in [-0.25, -0.2) is 13.3 Å². The molecule has 0 spiro atoms. The predicted molar refractivity (Wildman–Crippen MR) is 106 cm³/mol. The van der Waals surface area contributed by atoms with Crippen LogP contribution in [0, 0.1) is 0 Å². The van der Waals surface area contributed by atoms with Gasteiger partial charge in [0.1, 0.15) is 6.04 Å². The van der Waals surface area contributed by atoms with Crippen molar-refractivity contribution < 1.29 is 27.5 Å². The second-order valence-corrected chi connectivity index (χ2v) is 9.01. The third-order valence-electron chi connectivity index (χ3n) is 5.29. The van der Waals surface area contributed by atoms with Crippen molar-refractivity contribution in [2.24, 2.45) is 0 Å². The number of rotatable bonds is 5. The lowest BCUT2D eigenvalue weighted by atomic mass is 10.1. The highest BCUT2D eigenvalue weighted by atomic mass is 32.2. The molecule has 2 amide bonds. The number of hydrogen-bond donors (Lipinski definition) is 0. The van der Waals surface area contributed by atoms with Crippen molar-refractivity contribution >= 4 is 27.8 Å². The lowest BCUT2D eigenvalue weighted by Crippen LogP contribution is -2.49. The van der Waals surface area contributed by atoms with Crippen LogP contribution in [-0.4, -0.2) is 54.7 Å².